The molecule has 40 heavy (non-hydrogen) atoms. The fraction of sp³-hybridized carbons (Fsp3) is 0.267. The molecule has 0 spiro atoms. The van der Waals surface area contributed by atoms with Crippen LogP contribution < -0.4 is 15.3 Å². The van der Waals surface area contributed by atoms with E-state index in [0.29, 0.717) is 6.61 Å². The number of rotatable bonds is 6. The Labute approximate surface area is 232 Å². The molecular formula is C30H31N9O. The third-order valence-corrected chi connectivity index (χ3v) is 7.68. The van der Waals surface area contributed by atoms with Gasteiger partial charge in [-0.15, -0.1) is 0 Å². The smallest absolute Gasteiger partial charge is 0.158 e. The minimum Gasteiger partial charge on any atom is -0.369 e. The summed E-state index contributed by atoms with van der Waals surface area (Å²) in [7, 11) is 2.17. The molecule has 0 unspecified atom stereocenters. The SMILES string of the molecule is CN1CCN(c2ccc(Nc3cc(N4OCC[C@@H]4c4cccc(-c5ccn6ncnc6c5)c4)ncn3)cc2)CC1. The number of anilines is 4. The molecule has 7 rings (SSSR count). The van der Waals surface area contributed by atoms with E-state index in [2.05, 4.69) is 103 Å². The van der Waals surface area contributed by atoms with E-state index in [0.717, 1.165) is 66.7 Å². The quantitative estimate of drug-likeness (QED) is 0.337. The van der Waals surface area contributed by atoms with Crippen LogP contribution in [0.25, 0.3) is 16.8 Å². The Morgan fingerprint density at radius 2 is 1.70 bits per heavy atom. The molecular weight excluding hydrogens is 502 g/mol. The van der Waals surface area contributed by atoms with Crippen molar-refractivity contribution in [3.63, 3.8) is 0 Å². The van der Waals surface area contributed by atoms with Gasteiger partial charge < -0.3 is 15.1 Å². The number of hydrogen-bond acceptors (Lipinski definition) is 9. The number of aromatic nitrogens is 5. The molecule has 0 aliphatic carbocycles. The highest BCUT2D eigenvalue weighted by molar-refractivity contribution is 5.68. The van der Waals surface area contributed by atoms with Gasteiger partial charge in [-0.3, -0.25) is 4.84 Å². The fourth-order valence-electron chi connectivity index (χ4n) is 5.42. The summed E-state index contributed by atoms with van der Waals surface area (Å²) in [5, 5.41) is 9.53. The van der Waals surface area contributed by atoms with Gasteiger partial charge in [0.25, 0.3) is 0 Å². The summed E-state index contributed by atoms with van der Waals surface area (Å²) in [5.41, 5.74) is 6.45. The third kappa shape index (κ3) is 4.94. The molecule has 0 amide bonds. The summed E-state index contributed by atoms with van der Waals surface area (Å²) in [6, 6.07) is 23.2. The molecule has 3 aromatic heterocycles. The Morgan fingerprint density at radius 3 is 2.58 bits per heavy atom. The van der Waals surface area contributed by atoms with Crippen LogP contribution in [0.2, 0.25) is 0 Å². The van der Waals surface area contributed by atoms with Crippen molar-refractivity contribution in [1.29, 1.82) is 0 Å². The first-order valence-electron chi connectivity index (χ1n) is 13.6. The molecule has 10 heteroatoms. The number of nitrogens with zero attached hydrogens (tertiary/aromatic N) is 8. The lowest BCUT2D eigenvalue weighted by atomic mass is 9.98. The normalized spacial score (nSPS) is 18.0. The number of nitrogens with one attached hydrogen (secondary N) is 1. The number of likely N-dealkylation sites (N-methyl/N-ethyl adjacent to an activating group) is 1. The maximum absolute atomic E-state index is 6.08. The Kier molecular flexibility index (Phi) is 6.46. The molecule has 2 saturated heterocycles. The number of fused-ring (bicyclic) bond motifs is 1. The lowest BCUT2D eigenvalue weighted by molar-refractivity contribution is 0.157. The largest absolute Gasteiger partial charge is 0.369 e. The van der Waals surface area contributed by atoms with E-state index in [-0.39, 0.29) is 6.04 Å². The zero-order valence-corrected chi connectivity index (χ0v) is 22.4. The van der Waals surface area contributed by atoms with Crippen LogP contribution in [-0.4, -0.2) is 69.3 Å². The highest BCUT2D eigenvalue weighted by Crippen LogP contribution is 2.36. The minimum atomic E-state index is 0.0439. The summed E-state index contributed by atoms with van der Waals surface area (Å²) in [6.07, 6.45) is 5.95. The van der Waals surface area contributed by atoms with E-state index in [1.165, 1.54) is 11.3 Å². The van der Waals surface area contributed by atoms with Crippen LogP contribution in [-0.2, 0) is 4.84 Å². The molecule has 5 aromatic rings. The van der Waals surface area contributed by atoms with E-state index < -0.39 is 0 Å². The van der Waals surface area contributed by atoms with Gasteiger partial charge in [-0.2, -0.15) is 5.10 Å². The molecule has 5 heterocycles. The van der Waals surface area contributed by atoms with Gasteiger partial charge in [-0.05, 0) is 66.2 Å². The Morgan fingerprint density at radius 1 is 0.850 bits per heavy atom. The standard InChI is InChI=1S/C30H31N9O/c1-36-12-14-37(15-13-36)26-7-5-25(6-8-26)35-28-19-30(32-20-31-28)39-27(10-16-40-39)24-4-2-3-22(17-24)23-9-11-38-29(18-23)33-21-34-38/h2-9,11,17-21,27H,10,12-16H2,1H3,(H,31,32,35)/t27-/m1/s1. The molecule has 2 aliphatic rings. The van der Waals surface area contributed by atoms with Crippen molar-refractivity contribution in [2.24, 2.45) is 0 Å². The predicted molar refractivity (Wildman–Crippen MR) is 156 cm³/mol. The minimum absolute atomic E-state index is 0.0439. The van der Waals surface area contributed by atoms with Gasteiger partial charge in [-0.25, -0.2) is 24.5 Å². The molecule has 10 nitrogen and oxygen atoms in total. The number of hydroxylamine groups is 1. The second-order valence-electron chi connectivity index (χ2n) is 10.3. The second-order valence-corrected chi connectivity index (χ2v) is 10.3. The van der Waals surface area contributed by atoms with Crippen molar-refractivity contribution in [2.45, 2.75) is 12.5 Å². The van der Waals surface area contributed by atoms with Crippen molar-refractivity contribution in [1.82, 2.24) is 29.5 Å². The molecule has 2 fully saturated rings. The van der Waals surface area contributed by atoms with Gasteiger partial charge in [0.15, 0.2) is 11.5 Å². The van der Waals surface area contributed by atoms with E-state index in [1.54, 1.807) is 17.2 Å². The first-order valence-corrected chi connectivity index (χ1v) is 13.6. The zero-order valence-electron chi connectivity index (χ0n) is 22.4. The van der Waals surface area contributed by atoms with Crippen LogP contribution in [0.4, 0.5) is 23.0 Å². The summed E-state index contributed by atoms with van der Waals surface area (Å²) >= 11 is 0. The van der Waals surface area contributed by atoms with Crippen molar-refractivity contribution in [2.75, 3.05) is 55.1 Å². The van der Waals surface area contributed by atoms with Gasteiger partial charge in [0.2, 0.25) is 0 Å². The summed E-state index contributed by atoms with van der Waals surface area (Å²) in [5.74, 6) is 1.45. The molecule has 0 radical (unpaired) electrons. The Balaban J connectivity index is 1.08. The summed E-state index contributed by atoms with van der Waals surface area (Å²) in [4.78, 5) is 24.2. The topological polar surface area (TPSA) is 87.0 Å². The Bertz CT molecular complexity index is 1610. The first kappa shape index (κ1) is 24.5. The highest BCUT2D eigenvalue weighted by Gasteiger charge is 2.29. The lowest BCUT2D eigenvalue weighted by Crippen LogP contribution is -2.44. The van der Waals surface area contributed by atoms with Crippen molar-refractivity contribution in [3.05, 3.63) is 91.1 Å². The lowest BCUT2D eigenvalue weighted by Gasteiger charge is -2.34. The van der Waals surface area contributed by atoms with Gasteiger partial charge in [0, 0.05) is 56.2 Å². The van der Waals surface area contributed by atoms with Crippen LogP contribution in [0, 0.1) is 0 Å². The van der Waals surface area contributed by atoms with Crippen LogP contribution in [0.5, 0.6) is 0 Å². The monoisotopic (exact) mass is 533 g/mol. The first-order chi connectivity index (χ1) is 19.7. The molecule has 2 aliphatic heterocycles. The fourth-order valence-corrected chi connectivity index (χ4v) is 5.42. The second kappa shape index (κ2) is 10.6. The molecule has 0 saturated carbocycles. The molecule has 0 bridgehead atoms. The number of hydrogen-bond donors (Lipinski definition) is 1. The number of piperazine rings is 1. The average molecular weight is 534 g/mol. The maximum Gasteiger partial charge on any atom is 0.158 e. The number of pyridine rings is 1. The molecule has 1 N–H and O–H groups in total. The van der Waals surface area contributed by atoms with E-state index >= 15 is 0 Å². The van der Waals surface area contributed by atoms with Crippen molar-refractivity contribution < 1.29 is 4.84 Å². The van der Waals surface area contributed by atoms with Gasteiger partial charge in [-0.1, -0.05) is 18.2 Å². The maximum atomic E-state index is 6.08. The van der Waals surface area contributed by atoms with Gasteiger partial charge in [0.05, 0.1) is 12.6 Å². The highest BCUT2D eigenvalue weighted by atomic mass is 16.7. The third-order valence-electron chi connectivity index (χ3n) is 7.68. The van der Waals surface area contributed by atoms with E-state index in [1.807, 2.05) is 17.3 Å². The predicted octanol–water partition coefficient (Wildman–Crippen LogP) is 4.56. The summed E-state index contributed by atoms with van der Waals surface area (Å²) < 4.78 is 1.77. The number of benzene rings is 2. The van der Waals surface area contributed by atoms with Crippen molar-refractivity contribution >= 4 is 28.7 Å². The molecule has 1 atom stereocenters. The van der Waals surface area contributed by atoms with Crippen LogP contribution >= 0.6 is 0 Å². The molecule has 202 valence electrons. The summed E-state index contributed by atoms with van der Waals surface area (Å²) in [6.45, 7) is 4.91. The zero-order chi connectivity index (χ0) is 26.9. The van der Waals surface area contributed by atoms with Gasteiger partial charge >= 0.3 is 0 Å². The van der Waals surface area contributed by atoms with Crippen LogP contribution in [0.15, 0.2) is 85.6 Å². The molecule has 2 aromatic carbocycles. The van der Waals surface area contributed by atoms with E-state index in [9.17, 15) is 0 Å². The Hall–Kier alpha value is -4.54. The van der Waals surface area contributed by atoms with Crippen LogP contribution in [0.1, 0.15) is 18.0 Å². The van der Waals surface area contributed by atoms with Gasteiger partial charge in [0.1, 0.15) is 18.5 Å². The van der Waals surface area contributed by atoms with Crippen LogP contribution in [0.3, 0.4) is 0 Å². The average Bonchev–Trinajstić information content (AvgIpc) is 3.68. The van der Waals surface area contributed by atoms with Crippen molar-refractivity contribution in [3.8, 4) is 11.1 Å². The van der Waals surface area contributed by atoms with E-state index in [4.69, 9.17) is 4.84 Å².